The molecule has 0 atom stereocenters. The van der Waals surface area contributed by atoms with Crippen molar-refractivity contribution in [3.05, 3.63) is 202 Å². The Morgan fingerprint density at radius 2 is 0.333 bits per heavy atom. The van der Waals surface area contributed by atoms with Crippen LogP contribution >= 0.6 is 0 Å². The first-order valence-corrected chi connectivity index (χ1v) is 36.3. The van der Waals surface area contributed by atoms with E-state index in [1.807, 2.05) is 0 Å². The number of rotatable bonds is 12. The van der Waals surface area contributed by atoms with E-state index in [2.05, 4.69) is 258 Å². The summed E-state index contributed by atoms with van der Waals surface area (Å²) in [4.78, 5) is 0. The number of ether oxygens (including phenoxy) is 4. The van der Waals surface area contributed by atoms with Crippen molar-refractivity contribution in [3.8, 4) is 40.2 Å². The van der Waals surface area contributed by atoms with Gasteiger partial charge in [-0.3, -0.25) is 0 Å². The second-order valence-electron chi connectivity index (χ2n) is 35.3. The predicted molar refractivity (Wildman–Crippen MR) is 404 cm³/mol. The Kier molecular flexibility index (Phi) is 22.6. The minimum absolute atomic E-state index is 0.241. The van der Waals surface area contributed by atoms with Gasteiger partial charge in [0.15, 0.2) is 0 Å². The normalized spacial score (nSPS) is 13.8. The van der Waals surface area contributed by atoms with Crippen molar-refractivity contribution in [1.82, 2.24) is 0 Å². The van der Waals surface area contributed by atoms with Crippen LogP contribution in [0.3, 0.4) is 0 Å². The van der Waals surface area contributed by atoms with Crippen molar-refractivity contribution >= 4 is 0 Å². The van der Waals surface area contributed by atoms with Gasteiger partial charge in [-0.1, -0.05) is 258 Å². The Balaban J connectivity index is 1.55. The number of benzene rings is 7. The lowest BCUT2D eigenvalue weighted by Gasteiger charge is -2.28. The van der Waals surface area contributed by atoms with Crippen LogP contribution in [0.2, 0.25) is 0 Å². The average molecular weight is 1300 g/mol. The summed E-state index contributed by atoms with van der Waals surface area (Å²) in [6, 6.07) is 31.9. The maximum atomic E-state index is 13.2. The number of aromatic hydroxyl groups is 3. The fourth-order valence-corrected chi connectivity index (χ4v) is 13.2. The quantitative estimate of drug-likeness (QED) is 0.112. The minimum Gasteiger partial charge on any atom is -0.507 e. The molecule has 8 rings (SSSR count). The van der Waals surface area contributed by atoms with Gasteiger partial charge in [-0.15, -0.1) is 0 Å². The number of hydrogen-bond acceptors (Lipinski definition) is 7. The van der Waals surface area contributed by atoms with E-state index in [1.165, 1.54) is 11.1 Å². The zero-order valence-electron chi connectivity index (χ0n) is 64.2. The Labute approximate surface area is 581 Å². The maximum absolute atomic E-state index is 13.2. The smallest absolute Gasteiger partial charge is 0.126 e. The Morgan fingerprint density at radius 3 is 0.448 bits per heavy atom. The molecular formula is C89H122O7. The summed E-state index contributed by atoms with van der Waals surface area (Å²) < 4.78 is 28.4. The molecule has 14 bridgehead atoms. The lowest BCUT2D eigenvalue weighted by molar-refractivity contribution is 0.307. The zero-order valence-corrected chi connectivity index (χ0v) is 64.2. The number of hydrogen-bond donors (Lipinski definition) is 3. The zero-order chi connectivity index (χ0) is 71.0. The van der Waals surface area contributed by atoms with Crippen molar-refractivity contribution in [2.24, 2.45) is 0 Å². The molecule has 0 amide bonds. The van der Waals surface area contributed by atoms with Gasteiger partial charge in [-0.05, 0) is 180 Å². The van der Waals surface area contributed by atoms with Crippen LogP contribution in [0.15, 0.2) is 84.9 Å². The summed E-state index contributed by atoms with van der Waals surface area (Å²) in [6.45, 7) is 58.2. The van der Waals surface area contributed by atoms with Crippen LogP contribution in [0.25, 0.3) is 0 Å². The fraction of sp³-hybridized carbons (Fsp3) is 0.528. The van der Waals surface area contributed by atoms with Crippen LogP contribution in [-0.2, 0) is 82.9 Å². The molecule has 0 unspecified atom stereocenters. The molecule has 520 valence electrons. The van der Waals surface area contributed by atoms with E-state index >= 15 is 0 Å². The van der Waals surface area contributed by atoms with Crippen molar-refractivity contribution in [3.63, 3.8) is 0 Å². The average Bonchev–Trinajstić information content (AvgIpc) is 0.781. The molecule has 3 N–H and O–H groups in total. The van der Waals surface area contributed by atoms with E-state index in [1.54, 1.807) is 0 Å². The first kappa shape index (κ1) is 74.9. The van der Waals surface area contributed by atoms with Crippen molar-refractivity contribution < 1.29 is 34.3 Å². The van der Waals surface area contributed by atoms with E-state index in [0.717, 1.165) is 154 Å². The van der Waals surface area contributed by atoms with E-state index in [9.17, 15) is 15.3 Å². The van der Waals surface area contributed by atoms with Crippen molar-refractivity contribution in [1.29, 1.82) is 0 Å². The summed E-state index contributed by atoms with van der Waals surface area (Å²) in [5.74, 6) is 4.05. The van der Waals surface area contributed by atoms with E-state index < -0.39 is 0 Å². The maximum Gasteiger partial charge on any atom is 0.126 e. The summed E-state index contributed by atoms with van der Waals surface area (Å²) >= 11 is 0. The fourth-order valence-electron chi connectivity index (χ4n) is 13.2. The largest absolute Gasteiger partial charge is 0.507 e. The van der Waals surface area contributed by atoms with Gasteiger partial charge in [0.05, 0.1) is 26.4 Å². The molecule has 0 saturated heterocycles. The third kappa shape index (κ3) is 17.7. The second-order valence-corrected chi connectivity index (χ2v) is 35.3. The molecule has 0 spiro atoms. The molecule has 7 nitrogen and oxygen atoms in total. The van der Waals surface area contributed by atoms with Gasteiger partial charge in [0.1, 0.15) is 40.2 Å². The van der Waals surface area contributed by atoms with E-state index in [-0.39, 0.29) is 55.2 Å². The van der Waals surface area contributed by atoms with Crippen LogP contribution in [-0.4, -0.2) is 41.7 Å². The van der Waals surface area contributed by atoms with Crippen LogP contribution in [0.5, 0.6) is 40.2 Å². The molecule has 0 radical (unpaired) electrons. The first-order chi connectivity index (χ1) is 44.5. The molecule has 0 aliphatic heterocycles. The van der Waals surface area contributed by atoms with Gasteiger partial charge >= 0.3 is 0 Å². The van der Waals surface area contributed by atoms with Gasteiger partial charge in [0.2, 0.25) is 0 Å². The Morgan fingerprint density at radius 1 is 0.219 bits per heavy atom. The SMILES string of the molecule is CCCOc1c2cc(C(C)(C)C)cc1Cc1cc(C(C)(C)C)cc(c1O)Cc1cc(C(C)(C)C)cc(c1OCCC)Cc1cc(C(C)(C)C)cc(c1OCCC)Cc1cc(C(C)(C)C)cc(c1O)Cc1cc(C(C)(C)C)cc(c1OCCC)Cc1cc(C(C)(C)C)cc(c1O)C2. The number of phenols is 3. The third-order valence-corrected chi connectivity index (χ3v) is 19.3. The molecule has 0 fully saturated rings. The highest BCUT2D eigenvalue weighted by Crippen LogP contribution is 2.47. The molecule has 7 aromatic rings. The topological polar surface area (TPSA) is 97.6 Å². The summed E-state index contributed by atoms with van der Waals surface area (Å²) in [7, 11) is 0. The highest BCUT2D eigenvalue weighted by Gasteiger charge is 2.32. The van der Waals surface area contributed by atoms with Gasteiger partial charge in [-0.2, -0.15) is 0 Å². The van der Waals surface area contributed by atoms with Crippen LogP contribution in [0, 0.1) is 0 Å². The monoisotopic (exact) mass is 1300 g/mol. The highest BCUT2D eigenvalue weighted by atomic mass is 16.5. The van der Waals surface area contributed by atoms with E-state index in [0.29, 0.717) is 71.4 Å². The van der Waals surface area contributed by atoms with Gasteiger partial charge in [0.25, 0.3) is 0 Å². The molecule has 7 heteroatoms. The lowest BCUT2D eigenvalue weighted by atomic mass is 9.79. The van der Waals surface area contributed by atoms with E-state index in [4.69, 9.17) is 18.9 Å². The van der Waals surface area contributed by atoms with Gasteiger partial charge in [0, 0.05) is 44.9 Å². The minimum atomic E-state index is -0.270. The van der Waals surface area contributed by atoms with Gasteiger partial charge in [-0.25, -0.2) is 0 Å². The molecule has 1 aliphatic rings. The molecule has 0 aromatic heterocycles. The Hall–Kier alpha value is -6.86. The number of fused-ring (bicyclic) bond motifs is 14. The molecule has 1 aliphatic carbocycles. The van der Waals surface area contributed by atoms with Crippen LogP contribution in [0.4, 0.5) is 0 Å². The lowest BCUT2D eigenvalue weighted by Crippen LogP contribution is -2.17. The number of phenolic OH excluding ortho intramolecular Hbond substituents is 3. The van der Waals surface area contributed by atoms with Gasteiger partial charge < -0.3 is 34.3 Å². The van der Waals surface area contributed by atoms with Crippen LogP contribution < -0.4 is 18.9 Å². The van der Waals surface area contributed by atoms with Crippen molar-refractivity contribution in [2.75, 3.05) is 26.4 Å². The van der Waals surface area contributed by atoms with Crippen LogP contribution in [0.1, 0.15) is 316 Å². The molecular weight excluding hydrogens is 1180 g/mol. The predicted octanol–water partition coefficient (Wildman–Crippen LogP) is 22.5. The molecule has 96 heavy (non-hydrogen) atoms. The highest BCUT2D eigenvalue weighted by molar-refractivity contribution is 5.62. The molecule has 0 heterocycles. The summed E-state index contributed by atoms with van der Waals surface area (Å²) in [6.07, 6.45) is 6.31. The first-order valence-electron chi connectivity index (χ1n) is 36.3. The van der Waals surface area contributed by atoms with Crippen molar-refractivity contribution in [2.45, 2.75) is 282 Å². The molecule has 0 saturated carbocycles. The summed E-state index contributed by atoms with van der Waals surface area (Å²) in [5, 5.41) is 39.7. The summed E-state index contributed by atoms with van der Waals surface area (Å²) in [5.41, 5.74) is 19.4. The molecule has 7 aromatic carbocycles. The second kappa shape index (κ2) is 28.9. The third-order valence-electron chi connectivity index (χ3n) is 19.3. The standard InChI is InChI=1S/C89H122O7/c1-26-30-93-79-61-34-55-41-69(83(5,6)7)42-56(76(55)90)35-62-48-73(87(17,18)19)50-64(80(62)94-31-27-2)37-58-44-71(85(11,12)13)46-60(78(58)92)39-66-52-75(89(23,24)25)54-68(82(66)96-33-29-4)40-67-53-74(88(20,21)22)51-65(81(67)95-32-28-3)38-59-45-70(84(8,9)10)43-57(77(59)91)36-63(79)49-72(47-61)86(14,15)16/h41-54,90-92H,26-40H2,1-25H3. The Bertz CT molecular complexity index is 3670.